The van der Waals surface area contributed by atoms with Crippen molar-refractivity contribution in [3.63, 3.8) is 0 Å². The van der Waals surface area contributed by atoms with Crippen molar-refractivity contribution < 1.29 is 20.1 Å². The number of nitrogens with zero attached hydrogens (tertiary/aromatic N) is 1. The minimum absolute atomic E-state index is 0.132. The lowest BCUT2D eigenvalue weighted by molar-refractivity contribution is -0.133. The molecule has 0 spiro atoms. The topological polar surface area (TPSA) is 81.0 Å². The summed E-state index contributed by atoms with van der Waals surface area (Å²) < 4.78 is 0. The van der Waals surface area contributed by atoms with Crippen LogP contribution >= 0.6 is 0 Å². The van der Waals surface area contributed by atoms with Crippen LogP contribution in [0.25, 0.3) is 0 Å². The summed E-state index contributed by atoms with van der Waals surface area (Å²) in [6, 6.07) is 0. The van der Waals surface area contributed by atoms with E-state index in [9.17, 15) is 15.0 Å². The van der Waals surface area contributed by atoms with Crippen molar-refractivity contribution in [3.8, 4) is 0 Å². The van der Waals surface area contributed by atoms with Gasteiger partial charge >= 0.3 is 5.97 Å². The van der Waals surface area contributed by atoms with Gasteiger partial charge in [-0.3, -0.25) is 4.90 Å². The number of aliphatic carboxylic acids is 1. The first kappa shape index (κ1) is 16.1. The summed E-state index contributed by atoms with van der Waals surface area (Å²) in [5, 5.41) is 27.7. The molecular weight excluding hydrogens is 222 g/mol. The largest absolute Gasteiger partial charge is 0.478 e. The van der Waals surface area contributed by atoms with E-state index in [0.717, 1.165) is 0 Å². The van der Waals surface area contributed by atoms with Gasteiger partial charge in [-0.05, 0) is 32.6 Å². The number of rotatable bonds is 8. The van der Waals surface area contributed by atoms with Crippen LogP contribution in [0, 0.1) is 5.92 Å². The number of hydrogen-bond donors (Lipinski definition) is 3. The lowest BCUT2D eigenvalue weighted by atomic mass is 9.94. The van der Waals surface area contributed by atoms with Crippen LogP contribution in [-0.2, 0) is 4.79 Å². The van der Waals surface area contributed by atoms with E-state index < -0.39 is 18.4 Å². The number of aliphatic hydroxyl groups is 2. The van der Waals surface area contributed by atoms with Crippen molar-refractivity contribution in [3.05, 3.63) is 12.2 Å². The molecule has 0 fully saturated rings. The first-order valence-electron chi connectivity index (χ1n) is 5.85. The molecule has 3 atom stereocenters. The third kappa shape index (κ3) is 5.30. The SMILES string of the molecule is C=C(C(=O)O)C(CC)CCN(C(C)O)C(C)O. The van der Waals surface area contributed by atoms with Gasteiger partial charge in [0.15, 0.2) is 0 Å². The van der Waals surface area contributed by atoms with Crippen LogP contribution in [0.15, 0.2) is 12.2 Å². The van der Waals surface area contributed by atoms with Crippen LogP contribution in [0.5, 0.6) is 0 Å². The summed E-state index contributed by atoms with van der Waals surface area (Å²) in [6.07, 6.45) is -0.285. The van der Waals surface area contributed by atoms with Gasteiger partial charge in [0.05, 0.1) is 0 Å². The monoisotopic (exact) mass is 245 g/mol. The quantitative estimate of drug-likeness (QED) is 0.439. The van der Waals surface area contributed by atoms with Gasteiger partial charge in [0.1, 0.15) is 12.5 Å². The fourth-order valence-corrected chi connectivity index (χ4v) is 1.79. The number of hydrogen-bond acceptors (Lipinski definition) is 4. The minimum atomic E-state index is -0.988. The zero-order valence-electron chi connectivity index (χ0n) is 10.8. The molecule has 0 heterocycles. The molecule has 3 N–H and O–H groups in total. The Hall–Kier alpha value is -0.910. The molecule has 0 aliphatic rings. The number of carbonyl (C=O) groups is 1. The zero-order valence-corrected chi connectivity index (χ0v) is 10.8. The lowest BCUT2D eigenvalue weighted by Gasteiger charge is -2.29. The van der Waals surface area contributed by atoms with Gasteiger partial charge in [0, 0.05) is 12.1 Å². The van der Waals surface area contributed by atoms with Crippen LogP contribution in [0.2, 0.25) is 0 Å². The standard InChI is InChI=1S/C12H23NO4/c1-5-11(8(2)12(16)17)6-7-13(9(3)14)10(4)15/h9-11,14-15H,2,5-7H2,1,3-4H3,(H,16,17). The van der Waals surface area contributed by atoms with Gasteiger partial charge in [-0.1, -0.05) is 13.5 Å². The summed E-state index contributed by atoms with van der Waals surface area (Å²) in [5.74, 6) is -1.12. The van der Waals surface area contributed by atoms with E-state index >= 15 is 0 Å². The highest BCUT2D eigenvalue weighted by Crippen LogP contribution is 2.19. The van der Waals surface area contributed by atoms with E-state index in [1.54, 1.807) is 13.8 Å². The molecule has 5 nitrogen and oxygen atoms in total. The lowest BCUT2D eigenvalue weighted by Crippen LogP contribution is -2.41. The molecule has 0 bridgehead atoms. The zero-order chi connectivity index (χ0) is 13.6. The smallest absolute Gasteiger partial charge is 0.331 e. The highest BCUT2D eigenvalue weighted by molar-refractivity contribution is 5.86. The van der Waals surface area contributed by atoms with Crippen LogP contribution in [0.4, 0.5) is 0 Å². The number of aliphatic hydroxyl groups excluding tert-OH is 2. The fraction of sp³-hybridized carbons (Fsp3) is 0.750. The normalized spacial score (nSPS) is 16.6. The third-order valence-electron chi connectivity index (χ3n) is 2.96. The molecule has 0 saturated carbocycles. The number of carboxylic acid groups (broad SMARTS) is 1. The molecule has 0 aromatic heterocycles. The van der Waals surface area contributed by atoms with Crippen LogP contribution in [0.1, 0.15) is 33.6 Å². The van der Waals surface area contributed by atoms with E-state index in [1.807, 2.05) is 6.92 Å². The molecule has 0 saturated heterocycles. The van der Waals surface area contributed by atoms with Crippen LogP contribution in [-0.4, -0.2) is 45.2 Å². The second kappa shape index (κ2) is 7.42. The molecule has 100 valence electrons. The van der Waals surface area contributed by atoms with Crippen molar-refractivity contribution in [2.24, 2.45) is 5.92 Å². The van der Waals surface area contributed by atoms with E-state index in [1.165, 1.54) is 4.90 Å². The maximum atomic E-state index is 10.8. The van der Waals surface area contributed by atoms with Gasteiger partial charge in [0.25, 0.3) is 0 Å². The Labute approximate surface area is 102 Å². The Bertz CT molecular complexity index is 255. The molecule has 0 rings (SSSR count). The molecule has 17 heavy (non-hydrogen) atoms. The molecular formula is C12H23NO4. The summed E-state index contributed by atoms with van der Waals surface area (Å²) in [4.78, 5) is 12.3. The predicted octanol–water partition coefficient (Wildman–Crippen LogP) is 1.02. The summed E-state index contributed by atoms with van der Waals surface area (Å²) in [7, 11) is 0. The van der Waals surface area contributed by atoms with Crippen molar-refractivity contribution in [1.82, 2.24) is 4.90 Å². The predicted molar refractivity (Wildman–Crippen MR) is 65.2 cm³/mol. The van der Waals surface area contributed by atoms with E-state index in [-0.39, 0.29) is 11.5 Å². The Morgan fingerprint density at radius 3 is 2.06 bits per heavy atom. The van der Waals surface area contributed by atoms with Crippen molar-refractivity contribution in [1.29, 1.82) is 0 Å². The molecule has 0 aliphatic heterocycles. The van der Waals surface area contributed by atoms with Crippen molar-refractivity contribution in [2.45, 2.75) is 46.1 Å². The Balaban J connectivity index is 4.40. The summed E-state index contributed by atoms with van der Waals surface area (Å²) in [5.41, 5.74) is 0.184. The summed E-state index contributed by atoms with van der Waals surface area (Å²) in [6.45, 7) is 9.02. The van der Waals surface area contributed by atoms with Crippen LogP contribution < -0.4 is 0 Å². The summed E-state index contributed by atoms with van der Waals surface area (Å²) >= 11 is 0. The minimum Gasteiger partial charge on any atom is -0.478 e. The third-order valence-corrected chi connectivity index (χ3v) is 2.96. The first-order valence-corrected chi connectivity index (χ1v) is 5.85. The average molecular weight is 245 g/mol. The highest BCUT2D eigenvalue weighted by Gasteiger charge is 2.21. The second-order valence-electron chi connectivity index (χ2n) is 4.23. The van der Waals surface area contributed by atoms with Gasteiger partial charge in [-0.25, -0.2) is 4.79 Å². The van der Waals surface area contributed by atoms with Gasteiger partial charge in [0.2, 0.25) is 0 Å². The van der Waals surface area contributed by atoms with Crippen molar-refractivity contribution in [2.75, 3.05) is 6.54 Å². The molecule has 5 heteroatoms. The maximum absolute atomic E-state index is 10.8. The first-order chi connectivity index (χ1) is 7.81. The average Bonchev–Trinajstić information content (AvgIpc) is 2.22. The van der Waals surface area contributed by atoms with Crippen molar-refractivity contribution >= 4 is 5.97 Å². The molecule has 0 amide bonds. The number of carboxylic acids is 1. The Kier molecular flexibility index (Phi) is 7.03. The van der Waals surface area contributed by atoms with Crippen LogP contribution in [0.3, 0.4) is 0 Å². The Morgan fingerprint density at radius 2 is 1.76 bits per heavy atom. The molecule has 0 aromatic carbocycles. The molecule has 0 aliphatic carbocycles. The van der Waals surface area contributed by atoms with Gasteiger partial charge < -0.3 is 15.3 Å². The fourth-order valence-electron chi connectivity index (χ4n) is 1.79. The molecule has 0 aromatic rings. The highest BCUT2D eigenvalue weighted by atomic mass is 16.4. The molecule has 0 radical (unpaired) electrons. The maximum Gasteiger partial charge on any atom is 0.331 e. The van der Waals surface area contributed by atoms with E-state index in [2.05, 4.69) is 6.58 Å². The van der Waals surface area contributed by atoms with E-state index in [4.69, 9.17) is 5.11 Å². The van der Waals surface area contributed by atoms with Gasteiger partial charge in [-0.15, -0.1) is 0 Å². The Morgan fingerprint density at radius 1 is 1.29 bits per heavy atom. The van der Waals surface area contributed by atoms with Gasteiger partial charge in [-0.2, -0.15) is 0 Å². The second-order valence-corrected chi connectivity index (χ2v) is 4.23. The molecule has 3 unspecified atom stereocenters. The van der Waals surface area contributed by atoms with E-state index in [0.29, 0.717) is 19.4 Å².